The third kappa shape index (κ3) is 6.97. The Balaban J connectivity index is 1.29. The van der Waals surface area contributed by atoms with Gasteiger partial charge in [-0.2, -0.15) is 0 Å². The molecule has 6 rings (SSSR count). The monoisotopic (exact) mass is 685 g/mol. The van der Waals surface area contributed by atoms with Crippen LogP contribution in [-0.2, 0) is 25.5 Å². The number of carbonyl (C=O) groups is 3. The van der Waals surface area contributed by atoms with Crippen LogP contribution in [0.1, 0.15) is 67.3 Å². The van der Waals surface area contributed by atoms with E-state index in [4.69, 9.17) is 21.1 Å². The summed E-state index contributed by atoms with van der Waals surface area (Å²) in [6, 6.07) is 10.1. The van der Waals surface area contributed by atoms with E-state index >= 15 is 4.39 Å². The van der Waals surface area contributed by atoms with Gasteiger partial charge < -0.3 is 19.9 Å². The van der Waals surface area contributed by atoms with E-state index in [1.165, 1.54) is 23.5 Å². The Morgan fingerprint density at radius 3 is 2.53 bits per heavy atom. The van der Waals surface area contributed by atoms with E-state index in [0.717, 1.165) is 35.8 Å². The van der Waals surface area contributed by atoms with Gasteiger partial charge in [-0.15, -0.1) is 11.3 Å². The zero-order chi connectivity index (χ0) is 33.1. The average Bonchev–Trinajstić information content (AvgIpc) is 3.85. The predicted octanol–water partition coefficient (Wildman–Crippen LogP) is 6.58. The average molecular weight is 686 g/mol. The maximum atomic E-state index is 15.8. The maximum Gasteiger partial charge on any atom is 0.306 e. The van der Waals surface area contributed by atoms with Gasteiger partial charge in [-0.3, -0.25) is 24.2 Å². The molecule has 2 aromatic carbocycles. The highest BCUT2D eigenvalue weighted by atomic mass is 35.5. The van der Waals surface area contributed by atoms with E-state index in [-0.39, 0.29) is 40.6 Å². The number of Topliss-reactive ketones (excluding diaryl/α,β-unsaturated/α-hetero) is 1. The lowest BCUT2D eigenvalue weighted by Gasteiger charge is -2.50. The number of anilines is 1. The summed E-state index contributed by atoms with van der Waals surface area (Å²) >= 11 is 8.08. The van der Waals surface area contributed by atoms with Crippen molar-refractivity contribution in [3.8, 4) is 0 Å². The second-order valence-electron chi connectivity index (χ2n) is 12.8. The molecule has 9 nitrogen and oxygen atoms in total. The first kappa shape index (κ1) is 34.0. The van der Waals surface area contributed by atoms with Crippen LogP contribution in [0.2, 0.25) is 5.02 Å². The summed E-state index contributed by atoms with van der Waals surface area (Å²) < 4.78 is 29.3. The lowest BCUT2D eigenvalue weighted by Crippen LogP contribution is -2.69. The third-order valence-corrected chi connectivity index (χ3v) is 11.1. The third-order valence-electron chi connectivity index (χ3n) is 9.84. The fourth-order valence-corrected chi connectivity index (χ4v) is 8.63. The molecule has 2 aliphatic heterocycles. The number of ether oxygens (including phenoxy) is 2. The molecule has 2 N–H and O–H groups in total. The van der Waals surface area contributed by atoms with Crippen molar-refractivity contribution in [2.45, 2.75) is 75.8 Å². The molecule has 252 valence electrons. The number of ketones is 1. The predicted molar refractivity (Wildman–Crippen MR) is 180 cm³/mol. The van der Waals surface area contributed by atoms with Crippen LogP contribution in [0.25, 0.3) is 10.1 Å². The highest BCUT2D eigenvalue weighted by Crippen LogP contribution is 2.40. The number of aliphatic carboxylic acids is 1. The number of methoxy groups -OCH3 is 1. The molecule has 1 amide bonds. The van der Waals surface area contributed by atoms with E-state index in [2.05, 4.69) is 15.1 Å². The molecule has 3 aliphatic rings. The number of thiophene rings is 1. The first-order valence-electron chi connectivity index (χ1n) is 16.4. The van der Waals surface area contributed by atoms with E-state index in [9.17, 15) is 19.5 Å². The summed E-state index contributed by atoms with van der Waals surface area (Å²) in [6.07, 6.45) is 4.91. The number of amides is 1. The molecule has 0 radical (unpaired) electrons. The number of carboxylic acids is 1. The standard InChI is InChI=1S/C35H41ClFN3O6S/c1-45-20-24-7-6-16-40(24)35(39-14-4-5-15-39,46-25-12-10-22(11-13-25)34(43)44)32(41)18-23-17-28(36)30(19-29(23)37)38-33(42)27-21-47-31-9-3-2-8-26(27)31/h2-3,8-9,17,19,21-22,24-25H,4-7,10-16,18,20H2,1H3,(H,38,42)(H,43,44)/t22-,24-,25-,35?/m0/s1. The quantitative estimate of drug-likeness (QED) is 0.220. The van der Waals surface area contributed by atoms with E-state index < -0.39 is 29.5 Å². The first-order valence-corrected chi connectivity index (χ1v) is 17.7. The minimum Gasteiger partial charge on any atom is -0.481 e. The summed E-state index contributed by atoms with van der Waals surface area (Å²) in [7, 11) is 1.64. The van der Waals surface area contributed by atoms with Crippen molar-refractivity contribution >= 4 is 56.4 Å². The Morgan fingerprint density at radius 1 is 1.06 bits per heavy atom. The van der Waals surface area contributed by atoms with Crippen LogP contribution in [0.15, 0.2) is 41.8 Å². The molecule has 47 heavy (non-hydrogen) atoms. The van der Waals surface area contributed by atoms with Crippen LogP contribution in [0.4, 0.5) is 10.1 Å². The van der Waals surface area contributed by atoms with Gasteiger partial charge in [-0.25, -0.2) is 4.39 Å². The van der Waals surface area contributed by atoms with Crippen LogP contribution >= 0.6 is 22.9 Å². The Hall–Kier alpha value is -2.93. The number of hydrogen-bond donors (Lipinski definition) is 2. The van der Waals surface area contributed by atoms with Gasteiger partial charge in [-0.05, 0) is 75.1 Å². The number of fused-ring (bicyclic) bond motifs is 1. The minimum atomic E-state index is -1.46. The van der Waals surface area contributed by atoms with Gasteiger partial charge >= 0.3 is 5.97 Å². The molecule has 2 saturated heterocycles. The van der Waals surface area contributed by atoms with Gasteiger partial charge in [0, 0.05) is 54.7 Å². The van der Waals surface area contributed by atoms with Gasteiger partial charge in [0.25, 0.3) is 5.91 Å². The van der Waals surface area contributed by atoms with Gasteiger partial charge in [0.1, 0.15) is 5.82 Å². The van der Waals surface area contributed by atoms with Crippen LogP contribution in [-0.4, -0.2) is 83.9 Å². The van der Waals surface area contributed by atoms with Crippen LogP contribution in [0.5, 0.6) is 0 Å². The Bertz CT molecular complexity index is 1620. The number of benzene rings is 2. The van der Waals surface area contributed by atoms with E-state index in [1.807, 2.05) is 24.3 Å². The van der Waals surface area contributed by atoms with Crippen molar-refractivity contribution in [2.24, 2.45) is 5.92 Å². The van der Waals surface area contributed by atoms with Gasteiger partial charge in [0.15, 0.2) is 5.78 Å². The molecule has 1 aliphatic carbocycles. The second-order valence-corrected chi connectivity index (χ2v) is 14.1. The normalized spacial score (nSPS) is 23.6. The highest BCUT2D eigenvalue weighted by molar-refractivity contribution is 7.17. The zero-order valence-electron chi connectivity index (χ0n) is 26.5. The van der Waals surface area contributed by atoms with Gasteiger partial charge in [-0.1, -0.05) is 29.8 Å². The van der Waals surface area contributed by atoms with Crippen LogP contribution in [0, 0.1) is 11.7 Å². The molecule has 1 saturated carbocycles. The number of likely N-dealkylation sites (tertiary alicyclic amines) is 2. The maximum absolute atomic E-state index is 15.8. The van der Waals surface area contributed by atoms with E-state index in [0.29, 0.717) is 57.5 Å². The summed E-state index contributed by atoms with van der Waals surface area (Å²) in [5.41, 5.74) is 0.711. The van der Waals surface area contributed by atoms with Crippen molar-refractivity contribution in [1.29, 1.82) is 0 Å². The number of hydrogen-bond acceptors (Lipinski definition) is 8. The Morgan fingerprint density at radius 2 is 1.81 bits per heavy atom. The van der Waals surface area contributed by atoms with Crippen LogP contribution in [0.3, 0.4) is 0 Å². The SMILES string of the molecule is COC[C@@H]1CCCN1C(O[C@H]1CC[C@H](C(=O)O)CC1)(C(=O)Cc1cc(Cl)c(NC(=O)c2csc3ccccc23)cc1F)N1CCCC1. The topological polar surface area (TPSA) is 108 Å². The zero-order valence-corrected chi connectivity index (χ0v) is 28.1. The lowest BCUT2D eigenvalue weighted by molar-refractivity contribution is -0.261. The molecule has 2 atom stereocenters. The fourth-order valence-electron chi connectivity index (χ4n) is 7.46. The summed E-state index contributed by atoms with van der Waals surface area (Å²) in [6.45, 7) is 2.34. The molecule has 0 spiro atoms. The smallest absolute Gasteiger partial charge is 0.306 e. The Kier molecular flexibility index (Phi) is 10.6. The van der Waals surface area contributed by atoms with Gasteiger partial charge in [0.05, 0.1) is 34.9 Å². The van der Waals surface area contributed by atoms with Crippen molar-refractivity contribution in [3.05, 3.63) is 63.7 Å². The fraction of sp³-hybridized carbons (Fsp3) is 0.514. The first-order chi connectivity index (χ1) is 22.7. The molecular weight excluding hydrogens is 645 g/mol. The Labute approximate surface area is 283 Å². The lowest BCUT2D eigenvalue weighted by atomic mass is 9.87. The van der Waals surface area contributed by atoms with Crippen molar-refractivity contribution in [2.75, 3.05) is 38.7 Å². The number of carboxylic acid groups (broad SMARTS) is 1. The molecule has 3 heterocycles. The number of rotatable bonds is 12. The molecule has 3 aromatic rings. The largest absolute Gasteiger partial charge is 0.481 e. The number of nitrogens with zero attached hydrogens (tertiary/aromatic N) is 2. The van der Waals surface area contributed by atoms with Crippen molar-refractivity contribution < 1.29 is 33.4 Å². The highest BCUT2D eigenvalue weighted by Gasteiger charge is 2.55. The van der Waals surface area contributed by atoms with Crippen LogP contribution < -0.4 is 5.32 Å². The molecule has 3 fully saturated rings. The molecule has 1 aromatic heterocycles. The minimum absolute atomic E-state index is 0.0703. The number of halogens is 2. The molecule has 12 heteroatoms. The van der Waals surface area contributed by atoms with Crippen molar-refractivity contribution in [1.82, 2.24) is 9.80 Å². The van der Waals surface area contributed by atoms with Crippen molar-refractivity contribution in [3.63, 3.8) is 0 Å². The summed E-state index contributed by atoms with van der Waals surface area (Å²) in [5.74, 6) is -4.03. The number of nitrogens with one attached hydrogen (secondary N) is 1. The molecule has 0 bridgehead atoms. The van der Waals surface area contributed by atoms with E-state index in [1.54, 1.807) is 12.5 Å². The molecular formula is C35H41ClFN3O6S. The number of carbonyl (C=O) groups excluding carboxylic acids is 2. The molecule has 1 unspecified atom stereocenters. The second kappa shape index (κ2) is 14.7. The van der Waals surface area contributed by atoms with Gasteiger partial charge in [0.2, 0.25) is 5.85 Å². The summed E-state index contributed by atoms with van der Waals surface area (Å²) in [5, 5.41) is 15.0. The summed E-state index contributed by atoms with van der Waals surface area (Å²) in [4.78, 5) is 43.8.